The highest BCUT2D eigenvalue weighted by Crippen LogP contribution is 2.51. The van der Waals surface area contributed by atoms with Gasteiger partial charge in [0, 0.05) is 11.6 Å². The molecule has 0 bridgehead atoms. The van der Waals surface area contributed by atoms with Crippen LogP contribution in [0.15, 0.2) is 47.4 Å². The lowest BCUT2D eigenvalue weighted by Crippen LogP contribution is -2.54. The Morgan fingerprint density at radius 1 is 1.06 bits per heavy atom. The summed E-state index contributed by atoms with van der Waals surface area (Å²) >= 11 is 0. The quantitative estimate of drug-likeness (QED) is 0.497. The van der Waals surface area contributed by atoms with Crippen LogP contribution in [0.1, 0.15) is 41.0 Å². The zero-order chi connectivity index (χ0) is 25.7. The van der Waals surface area contributed by atoms with Gasteiger partial charge in [-0.3, -0.25) is 4.79 Å². The van der Waals surface area contributed by atoms with Crippen LogP contribution in [0.2, 0.25) is 0 Å². The van der Waals surface area contributed by atoms with E-state index in [1.54, 1.807) is 0 Å². The van der Waals surface area contributed by atoms with E-state index < -0.39 is 50.9 Å². The average Bonchev–Trinajstić information content (AvgIpc) is 3.49. The van der Waals surface area contributed by atoms with E-state index in [1.165, 1.54) is 24.3 Å². The minimum Gasteiger partial charge on any atom is -0.369 e. The second-order valence-corrected chi connectivity index (χ2v) is 9.73. The number of amides is 1. The first-order valence-corrected chi connectivity index (χ1v) is 11.4. The molecule has 1 fully saturated rings. The fourth-order valence-electron chi connectivity index (χ4n) is 3.68. The fraction of sp³-hybridized carbons (Fsp3) is 0.381. The maximum absolute atomic E-state index is 13.3. The largest absolute Gasteiger partial charge is 0.430 e. The van der Waals surface area contributed by atoms with E-state index in [9.17, 15) is 44.7 Å². The van der Waals surface area contributed by atoms with Crippen molar-refractivity contribution in [3.05, 3.63) is 64.7 Å². The summed E-state index contributed by atoms with van der Waals surface area (Å²) in [6.07, 6.45) is -10.9. The predicted octanol–water partition coefficient (Wildman–Crippen LogP) is 3.37. The fourth-order valence-corrected chi connectivity index (χ4v) is 5.24. The number of nitrogens with two attached hydrogens (primary N) is 1. The van der Waals surface area contributed by atoms with E-state index in [4.69, 9.17) is 5.73 Å². The average molecular weight is 510 g/mol. The van der Waals surface area contributed by atoms with Crippen molar-refractivity contribution in [2.45, 2.75) is 54.6 Å². The maximum Gasteiger partial charge on any atom is 0.430 e. The third-order valence-corrected chi connectivity index (χ3v) is 7.09. The number of carbonyl (C=O) groups excluding carboxylic acids is 1. The van der Waals surface area contributed by atoms with Crippen molar-refractivity contribution in [1.29, 1.82) is 0 Å². The third-order valence-electron chi connectivity index (χ3n) is 5.50. The molecule has 1 amide bonds. The summed E-state index contributed by atoms with van der Waals surface area (Å²) < 4.78 is 108. The molecule has 0 saturated heterocycles. The normalized spacial score (nSPS) is 16.4. The summed E-state index contributed by atoms with van der Waals surface area (Å²) in [5.41, 5.74) is -2.02. The first-order valence-electron chi connectivity index (χ1n) is 9.88. The van der Waals surface area contributed by atoms with Gasteiger partial charge < -0.3 is 10.8 Å². The van der Waals surface area contributed by atoms with E-state index in [0.717, 1.165) is 19.1 Å². The zero-order valence-electron chi connectivity index (χ0n) is 17.5. The molecule has 186 valence electrons. The van der Waals surface area contributed by atoms with Crippen LogP contribution in [0.25, 0.3) is 0 Å². The van der Waals surface area contributed by atoms with E-state index >= 15 is 0 Å². The van der Waals surface area contributed by atoms with Crippen LogP contribution in [-0.4, -0.2) is 37.8 Å². The second-order valence-electron chi connectivity index (χ2n) is 8.05. The van der Waals surface area contributed by atoms with Crippen molar-refractivity contribution in [3.63, 3.8) is 0 Å². The molecule has 3 rings (SSSR count). The molecule has 0 spiro atoms. The molecule has 1 atom stereocenters. The Kier molecular flexibility index (Phi) is 6.52. The third kappa shape index (κ3) is 4.64. The molecule has 34 heavy (non-hydrogen) atoms. The van der Waals surface area contributed by atoms with Crippen molar-refractivity contribution >= 4 is 15.9 Å². The lowest BCUT2D eigenvalue weighted by atomic mass is 9.84. The molecular formula is C21H20F6N2O4S. The maximum atomic E-state index is 13.3. The van der Waals surface area contributed by atoms with Crippen LogP contribution in [0.3, 0.4) is 0 Å². The summed E-state index contributed by atoms with van der Waals surface area (Å²) in [6, 6.07) is 7.04. The Morgan fingerprint density at radius 2 is 1.62 bits per heavy atom. The van der Waals surface area contributed by atoms with Crippen LogP contribution in [-0.2, 0) is 20.4 Å². The SMILES string of the molecule is Cc1cc(C(C(N)=O)c2ccccc2S(=O)(=O)NC2CC2)ccc1C(O)(C(F)(F)F)C(F)(F)F. The van der Waals surface area contributed by atoms with Crippen LogP contribution < -0.4 is 10.5 Å². The van der Waals surface area contributed by atoms with Crippen molar-refractivity contribution < 1.29 is 44.7 Å². The molecule has 0 radical (unpaired) electrons. The van der Waals surface area contributed by atoms with Crippen LogP contribution in [0.5, 0.6) is 0 Å². The lowest BCUT2D eigenvalue weighted by molar-refractivity contribution is -0.376. The lowest BCUT2D eigenvalue weighted by Gasteiger charge is -2.34. The highest BCUT2D eigenvalue weighted by Gasteiger charge is 2.71. The van der Waals surface area contributed by atoms with Gasteiger partial charge in [-0.1, -0.05) is 36.4 Å². The number of sulfonamides is 1. The van der Waals surface area contributed by atoms with Gasteiger partial charge >= 0.3 is 12.4 Å². The molecule has 4 N–H and O–H groups in total. The van der Waals surface area contributed by atoms with Gasteiger partial charge in [0.2, 0.25) is 15.9 Å². The van der Waals surface area contributed by atoms with Crippen molar-refractivity contribution in [2.24, 2.45) is 5.73 Å². The predicted molar refractivity (Wildman–Crippen MR) is 108 cm³/mol. The number of rotatable bonds is 7. The molecule has 1 aliphatic rings. The van der Waals surface area contributed by atoms with Crippen molar-refractivity contribution in [1.82, 2.24) is 4.72 Å². The number of aliphatic hydroxyl groups is 1. The van der Waals surface area contributed by atoms with Gasteiger partial charge in [0.25, 0.3) is 5.60 Å². The van der Waals surface area contributed by atoms with Gasteiger partial charge in [-0.2, -0.15) is 26.3 Å². The first kappa shape index (κ1) is 26.0. The summed E-state index contributed by atoms with van der Waals surface area (Å²) in [4.78, 5) is 12.0. The smallest absolute Gasteiger partial charge is 0.369 e. The molecule has 6 nitrogen and oxygen atoms in total. The first-order chi connectivity index (χ1) is 15.5. The minimum atomic E-state index is -6.09. The van der Waals surface area contributed by atoms with Crippen LogP contribution in [0, 0.1) is 6.92 Å². The Balaban J connectivity index is 2.15. The number of benzene rings is 2. The van der Waals surface area contributed by atoms with Crippen molar-refractivity contribution in [2.75, 3.05) is 0 Å². The number of alkyl halides is 6. The van der Waals surface area contributed by atoms with Gasteiger partial charge in [0.05, 0.1) is 10.8 Å². The number of nitrogens with one attached hydrogen (secondary N) is 1. The molecule has 1 unspecified atom stereocenters. The number of hydrogen-bond donors (Lipinski definition) is 3. The highest BCUT2D eigenvalue weighted by molar-refractivity contribution is 7.89. The molecule has 1 saturated carbocycles. The number of carbonyl (C=O) groups is 1. The number of halogens is 6. The topological polar surface area (TPSA) is 109 Å². The minimum absolute atomic E-state index is 0.0998. The second kappa shape index (κ2) is 8.54. The standard InChI is InChI=1S/C21H20F6N2O4S/c1-11-10-12(6-9-15(11)19(31,20(22,23)24)21(25,26)27)17(18(28)30)14-4-2-3-5-16(14)34(32,33)29-13-7-8-13/h2-6,9-10,13,17,29,31H,7-8H2,1H3,(H2,28,30). The van der Waals surface area contributed by atoms with Gasteiger partial charge in [-0.25, -0.2) is 13.1 Å². The molecular weight excluding hydrogens is 490 g/mol. The summed E-state index contributed by atoms with van der Waals surface area (Å²) in [7, 11) is -4.09. The summed E-state index contributed by atoms with van der Waals surface area (Å²) in [5.74, 6) is -2.59. The van der Waals surface area contributed by atoms with E-state index in [-0.39, 0.29) is 22.1 Å². The summed E-state index contributed by atoms with van der Waals surface area (Å²) in [5, 5.41) is 9.70. The monoisotopic (exact) mass is 510 g/mol. The molecule has 0 heterocycles. The van der Waals surface area contributed by atoms with Gasteiger partial charge in [-0.05, 0) is 42.5 Å². The van der Waals surface area contributed by atoms with Crippen LogP contribution >= 0.6 is 0 Å². The van der Waals surface area contributed by atoms with Crippen molar-refractivity contribution in [3.8, 4) is 0 Å². The van der Waals surface area contributed by atoms with Gasteiger partial charge in [0.15, 0.2) is 0 Å². The Hall–Kier alpha value is -2.64. The Labute approximate surface area is 190 Å². The van der Waals surface area contributed by atoms with Gasteiger partial charge in [-0.15, -0.1) is 0 Å². The Bertz CT molecular complexity index is 1190. The molecule has 2 aromatic rings. The number of hydrogen-bond acceptors (Lipinski definition) is 4. The molecule has 2 aromatic carbocycles. The molecule has 0 aromatic heterocycles. The Morgan fingerprint density at radius 3 is 2.09 bits per heavy atom. The van der Waals surface area contributed by atoms with E-state index in [0.29, 0.717) is 18.9 Å². The van der Waals surface area contributed by atoms with Crippen LogP contribution in [0.4, 0.5) is 26.3 Å². The van der Waals surface area contributed by atoms with E-state index in [1.807, 2.05) is 0 Å². The molecule has 0 aliphatic heterocycles. The van der Waals surface area contributed by atoms with E-state index in [2.05, 4.69) is 4.72 Å². The molecule has 13 heteroatoms. The highest BCUT2D eigenvalue weighted by atomic mass is 32.2. The van der Waals surface area contributed by atoms with Gasteiger partial charge in [0.1, 0.15) is 0 Å². The zero-order valence-corrected chi connectivity index (χ0v) is 18.4. The number of aryl methyl sites for hydroxylation is 1. The number of primary amides is 1. The molecule has 1 aliphatic carbocycles. The summed E-state index contributed by atoms with van der Waals surface area (Å²) in [6.45, 7) is 0.899.